The van der Waals surface area contributed by atoms with Gasteiger partial charge in [0.05, 0.1) is 30.4 Å². The topological polar surface area (TPSA) is 50.3 Å². The highest BCUT2D eigenvalue weighted by molar-refractivity contribution is 5.75. The highest BCUT2D eigenvalue weighted by Gasteiger charge is 2.13. The van der Waals surface area contributed by atoms with Crippen molar-refractivity contribution in [3.63, 3.8) is 0 Å². The molecule has 1 aliphatic heterocycles. The van der Waals surface area contributed by atoms with E-state index in [4.69, 9.17) is 4.74 Å². The van der Waals surface area contributed by atoms with E-state index < -0.39 is 0 Å². The van der Waals surface area contributed by atoms with E-state index in [0.29, 0.717) is 6.04 Å². The molecule has 1 saturated heterocycles. The molecule has 0 saturated carbocycles. The third-order valence-corrected chi connectivity index (χ3v) is 3.48. The van der Waals surface area contributed by atoms with E-state index in [1.807, 2.05) is 24.3 Å². The normalized spacial score (nSPS) is 18.1. The molecule has 0 bridgehead atoms. The lowest BCUT2D eigenvalue weighted by Gasteiger charge is -2.29. The van der Waals surface area contributed by atoms with Crippen molar-refractivity contribution >= 4 is 16.9 Å². The molecule has 3 rings (SSSR count). The first-order chi connectivity index (χ1) is 9.81. The molecular weight excluding hydrogens is 252 g/mol. The zero-order chi connectivity index (χ0) is 13.8. The van der Waals surface area contributed by atoms with E-state index in [9.17, 15) is 0 Å². The fraction of sp³-hybridized carbons (Fsp3) is 0.467. The number of hydrogen-bond acceptors (Lipinski definition) is 5. The second-order valence-electron chi connectivity index (χ2n) is 5.20. The van der Waals surface area contributed by atoms with Crippen molar-refractivity contribution in [1.82, 2.24) is 14.9 Å². The molecule has 2 aromatic rings. The van der Waals surface area contributed by atoms with Crippen LogP contribution >= 0.6 is 0 Å². The summed E-state index contributed by atoms with van der Waals surface area (Å²) in [5.74, 6) is 0.837. The summed E-state index contributed by atoms with van der Waals surface area (Å²) in [4.78, 5) is 11.4. The molecule has 0 amide bonds. The Balaban J connectivity index is 1.62. The zero-order valence-electron chi connectivity index (χ0n) is 11.7. The Labute approximate surface area is 119 Å². The van der Waals surface area contributed by atoms with Crippen LogP contribution in [0.2, 0.25) is 0 Å². The molecule has 1 aliphatic rings. The van der Waals surface area contributed by atoms with E-state index in [1.165, 1.54) is 0 Å². The quantitative estimate of drug-likeness (QED) is 0.919. The lowest BCUT2D eigenvalue weighted by molar-refractivity contribution is 0.0368. The zero-order valence-corrected chi connectivity index (χ0v) is 11.7. The average molecular weight is 272 g/mol. The highest BCUT2D eigenvalue weighted by Crippen LogP contribution is 2.12. The first-order valence-corrected chi connectivity index (χ1v) is 7.10. The molecule has 1 fully saturated rings. The van der Waals surface area contributed by atoms with Gasteiger partial charge >= 0.3 is 0 Å². The fourth-order valence-electron chi connectivity index (χ4n) is 2.50. The Morgan fingerprint density at radius 2 is 2.00 bits per heavy atom. The highest BCUT2D eigenvalue weighted by atomic mass is 16.5. The van der Waals surface area contributed by atoms with Gasteiger partial charge in [-0.3, -0.25) is 9.88 Å². The Bertz CT molecular complexity index is 569. The Morgan fingerprint density at radius 3 is 2.80 bits per heavy atom. The van der Waals surface area contributed by atoms with Crippen LogP contribution in [0, 0.1) is 0 Å². The molecule has 0 spiro atoms. The number of ether oxygens (including phenoxy) is 1. The largest absolute Gasteiger partial charge is 0.379 e. The van der Waals surface area contributed by atoms with Crippen LogP contribution in [0.3, 0.4) is 0 Å². The van der Waals surface area contributed by atoms with Crippen LogP contribution < -0.4 is 5.32 Å². The molecule has 5 heteroatoms. The molecule has 1 N–H and O–H groups in total. The van der Waals surface area contributed by atoms with Gasteiger partial charge < -0.3 is 10.1 Å². The third kappa shape index (κ3) is 3.23. The number of rotatable bonds is 4. The van der Waals surface area contributed by atoms with E-state index in [-0.39, 0.29) is 0 Å². The molecule has 0 unspecified atom stereocenters. The third-order valence-electron chi connectivity index (χ3n) is 3.48. The SMILES string of the molecule is C[C@@H](CN1CCOCC1)Nc1cnc2ccccc2n1. The fourth-order valence-corrected chi connectivity index (χ4v) is 2.50. The summed E-state index contributed by atoms with van der Waals surface area (Å²) < 4.78 is 5.36. The number of benzene rings is 1. The van der Waals surface area contributed by atoms with Crippen LogP contribution in [-0.2, 0) is 4.74 Å². The van der Waals surface area contributed by atoms with Crippen molar-refractivity contribution < 1.29 is 4.74 Å². The van der Waals surface area contributed by atoms with Gasteiger partial charge in [-0.25, -0.2) is 4.98 Å². The number of nitrogens with zero attached hydrogens (tertiary/aromatic N) is 3. The minimum absolute atomic E-state index is 0.337. The maximum atomic E-state index is 5.36. The second kappa shape index (κ2) is 6.15. The molecule has 0 aliphatic carbocycles. The predicted molar refractivity (Wildman–Crippen MR) is 79.9 cm³/mol. The average Bonchev–Trinajstić information content (AvgIpc) is 2.48. The maximum Gasteiger partial charge on any atom is 0.145 e. The molecule has 5 nitrogen and oxygen atoms in total. The molecule has 1 aromatic carbocycles. The smallest absolute Gasteiger partial charge is 0.145 e. The van der Waals surface area contributed by atoms with Crippen molar-refractivity contribution in [2.75, 3.05) is 38.2 Å². The number of hydrogen-bond donors (Lipinski definition) is 1. The molecule has 0 radical (unpaired) electrons. The summed E-state index contributed by atoms with van der Waals surface area (Å²) in [6.45, 7) is 6.86. The summed E-state index contributed by atoms with van der Waals surface area (Å²) in [6.07, 6.45) is 1.80. The Hall–Kier alpha value is -1.72. The van der Waals surface area contributed by atoms with Gasteiger partial charge in [0.25, 0.3) is 0 Å². The van der Waals surface area contributed by atoms with Gasteiger partial charge in [0.2, 0.25) is 0 Å². The lowest BCUT2D eigenvalue weighted by Crippen LogP contribution is -2.42. The number of aromatic nitrogens is 2. The molecular formula is C15H20N4O. The van der Waals surface area contributed by atoms with Gasteiger partial charge in [-0.15, -0.1) is 0 Å². The molecule has 1 aromatic heterocycles. The molecule has 1 atom stereocenters. The summed E-state index contributed by atoms with van der Waals surface area (Å²) in [7, 11) is 0. The minimum Gasteiger partial charge on any atom is -0.379 e. The van der Waals surface area contributed by atoms with Gasteiger partial charge in [0.15, 0.2) is 0 Å². The summed E-state index contributed by atoms with van der Waals surface area (Å²) in [5, 5.41) is 3.43. The Morgan fingerprint density at radius 1 is 1.25 bits per heavy atom. The van der Waals surface area contributed by atoms with Crippen LogP contribution in [-0.4, -0.2) is 53.8 Å². The van der Waals surface area contributed by atoms with Gasteiger partial charge in [-0.1, -0.05) is 12.1 Å². The van der Waals surface area contributed by atoms with E-state index >= 15 is 0 Å². The number of nitrogens with one attached hydrogen (secondary N) is 1. The molecule has 106 valence electrons. The minimum atomic E-state index is 0.337. The summed E-state index contributed by atoms with van der Waals surface area (Å²) in [6, 6.07) is 8.26. The van der Waals surface area contributed by atoms with E-state index in [2.05, 4.69) is 27.1 Å². The number of anilines is 1. The van der Waals surface area contributed by atoms with Crippen molar-refractivity contribution in [3.8, 4) is 0 Å². The first kappa shape index (κ1) is 13.3. The van der Waals surface area contributed by atoms with Crippen LogP contribution in [0.5, 0.6) is 0 Å². The van der Waals surface area contributed by atoms with E-state index in [0.717, 1.165) is 49.7 Å². The summed E-state index contributed by atoms with van der Waals surface area (Å²) in [5.41, 5.74) is 1.86. The van der Waals surface area contributed by atoms with Crippen molar-refractivity contribution in [2.45, 2.75) is 13.0 Å². The Kier molecular flexibility index (Phi) is 4.08. The molecule has 2 heterocycles. The standard InChI is InChI=1S/C15H20N4O/c1-12(11-19-6-8-20-9-7-19)17-15-10-16-13-4-2-3-5-14(13)18-15/h2-5,10,12H,6-9,11H2,1H3,(H,17,18)/t12-/m0/s1. The predicted octanol–water partition coefficient (Wildman–Crippen LogP) is 1.76. The number of fused-ring (bicyclic) bond motifs is 1. The van der Waals surface area contributed by atoms with Gasteiger partial charge in [-0.05, 0) is 19.1 Å². The van der Waals surface area contributed by atoms with Crippen LogP contribution in [0.4, 0.5) is 5.82 Å². The maximum absolute atomic E-state index is 5.36. The van der Waals surface area contributed by atoms with Crippen LogP contribution in [0.1, 0.15) is 6.92 Å². The van der Waals surface area contributed by atoms with Gasteiger partial charge in [0, 0.05) is 25.7 Å². The van der Waals surface area contributed by atoms with E-state index in [1.54, 1.807) is 6.20 Å². The van der Waals surface area contributed by atoms with Crippen LogP contribution in [0.25, 0.3) is 11.0 Å². The van der Waals surface area contributed by atoms with Crippen molar-refractivity contribution in [3.05, 3.63) is 30.5 Å². The van der Waals surface area contributed by atoms with Gasteiger partial charge in [-0.2, -0.15) is 0 Å². The van der Waals surface area contributed by atoms with Crippen LogP contribution in [0.15, 0.2) is 30.5 Å². The van der Waals surface area contributed by atoms with Gasteiger partial charge in [0.1, 0.15) is 5.82 Å². The summed E-state index contributed by atoms with van der Waals surface area (Å²) >= 11 is 0. The van der Waals surface area contributed by atoms with Crippen molar-refractivity contribution in [2.24, 2.45) is 0 Å². The lowest BCUT2D eigenvalue weighted by atomic mass is 10.2. The number of morpholine rings is 1. The second-order valence-corrected chi connectivity index (χ2v) is 5.20. The number of para-hydroxylation sites is 2. The van der Waals surface area contributed by atoms with Crippen molar-refractivity contribution in [1.29, 1.82) is 0 Å². The monoisotopic (exact) mass is 272 g/mol. The molecule has 20 heavy (non-hydrogen) atoms. The first-order valence-electron chi connectivity index (χ1n) is 7.10.